The molecule has 0 bridgehead atoms. The first-order valence-electron chi connectivity index (χ1n) is 9.41. The zero-order chi connectivity index (χ0) is 19.9. The molecule has 1 N–H and O–H groups in total. The Bertz CT molecular complexity index is 1120. The molecule has 1 unspecified atom stereocenters. The Morgan fingerprint density at radius 1 is 0.964 bits per heavy atom. The fourth-order valence-corrected chi connectivity index (χ4v) is 3.91. The largest absolute Gasteiger partial charge is 0.461 e. The molecule has 3 nitrogen and oxygen atoms in total. The van der Waals surface area contributed by atoms with Crippen molar-refractivity contribution in [3.63, 3.8) is 0 Å². The van der Waals surface area contributed by atoms with E-state index in [0.29, 0.717) is 12.8 Å². The van der Waals surface area contributed by atoms with E-state index in [1.807, 2.05) is 75.4 Å². The zero-order valence-corrected chi connectivity index (χ0v) is 17.8. The molecule has 1 atom stereocenters. The Kier molecular flexibility index (Phi) is 4.94. The first-order valence-corrected chi connectivity index (χ1v) is 10.2. The average molecular weight is 439 g/mol. The van der Waals surface area contributed by atoms with Gasteiger partial charge in [-0.3, -0.25) is 0 Å². The van der Waals surface area contributed by atoms with Gasteiger partial charge >= 0.3 is 0 Å². The first-order chi connectivity index (χ1) is 13.3. The number of hydrogen-bond donors (Lipinski definition) is 1. The highest BCUT2D eigenvalue weighted by molar-refractivity contribution is 9.10. The molecule has 0 aliphatic carbocycles. The highest BCUT2D eigenvalue weighted by Gasteiger charge is 2.26. The summed E-state index contributed by atoms with van der Waals surface area (Å²) in [4.78, 5) is 0. The number of rotatable bonds is 5. The fourth-order valence-electron chi connectivity index (χ4n) is 3.55. The molecule has 0 radical (unpaired) electrons. The first kappa shape index (κ1) is 19.0. The van der Waals surface area contributed by atoms with Crippen LogP contribution >= 0.6 is 15.9 Å². The number of aliphatic hydroxyl groups is 1. The normalized spacial score (nSPS) is 13.8. The van der Waals surface area contributed by atoms with Crippen LogP contribution in [0.1, 0.15) is 36.0 Å². The second-order valence-electron chi connectivity index (χ2n) is 7.59. The van der Waals surface area contributed by atoms with Gasteiger partial charge in [0.1, 0.15) is 22.9 Å². The van der Waals surface area contributed by atoms with Crippen LogP contribution in [-0.4, -0.2) is 5.11 Å². The summed E-state index contributed by atoms with van der Waals surface area (Å²) in [6.45, 7) is 5.83. The lowest BCUT2D eigenvalue weighted by Gasteiger charge is -2.23. The van der Waals surface area contributed by atoms with Crippen LogP contribution in [-0.2, 0) is 12.0 Å². The number of furan rings is 2. The van der Waals surface area contributed by atoms with Crippen molar-refractivity contribution in [3.05, 3.63) is 81.7 Å². The molecule has 28 heavy (non-hydrogen) atoms. The van der Waals surface area contributed by atoms with Gasteiger partial charge in [-0.05, 0) is 63.1 Å². The van der Waals surface area contributed by atoms with E-state index in [4.69, 9.17) is 8.83 Å². The molecule has 0 aliphatic heterocycles. The van der Waals surface area contributed by atoms with Gasteiger partial charge in [0.05, 0.1) is 11.2 Å². The standard InChI is InChI=1S/C24H23BrO3/c1-15-4-7-17(8-5-15)24(3,26)13-12-22-23(21-10-6-16(2)27-21)19-14-18(25)9-11-20(19)28-22/h4-11,14,26H,12-13H2,1-3H3. The molecule has 4 heteroatoms. The van der Waals surface area contributed by atoms with E-state index in [2.05, 4.69) is 15.9 Å². The van der Waals surface area contributed by atoms with Gasteiger partial charge < -0.3 is 13.9 Å². The predicted octanol–water partition coefficient (Wildman–Crippen LogP) is 6.91. The number of benzene rings is 2. The maximum atomic E-state index is 11.0. The minimum Gasteiger partial charge on any atom is -0.461 e. The molecule has 0 fully saturated rings. The molecule has 2 aromatic carbocycles. The quantitative estimate of drug-likeness (QED) is 0.368. The van der Waals surface area contributed by atoms with Gasteiger partial charge in [-0.1, -0.05) is 45.8 Å². The van der Waals surface area contributed by atoms with Crippen molar-refractivity contribution < 1.29 is 13.9 Å². The van der Waals surface area contributed by atoms with Gasteiger partial charge in [0, 0.05) is 16.3 Å². The van der Waals surface area contributed by atoms with E-state index in [1.54, 1.807) is 0 Å². The summed E-state index contributed by atoms with van der Waals surface area (Å²) in [6, 6.07) is 17.9. The van der Waals surface area contributed by atoms with Crippen LogP contribution in [0.25, 0.3) is 22.3 Å². The minimum absolute atomic E-state index is 0.545. The molecule has 2 aromatic heterocycles. The van der Waals surface area contributed by atoms with E-state index < -0.39 is 5.60 Å². The van der Waals surface area contributed by atoms with Crippen LogP contribution in [0.15, 0.2) is 67.9 Å². The lowest BCUT2D eigenvalue weighted by atomic mass is 9.89. The van der Waals surface area contributed by atoms with Gasteiger partial charge in [0.25, 0.3) is 0 Å². The van der Waals surface area contributed by atoms with Crippen LogP contribution in [0.4, 0.5) is 0 Å². The summed E-state index contributed by atoms with van der Waals surface area (Å²) in [5.41, 5.74) is 2.93. The van der Waals surface area contributed by atoms with Crippen molar-refractivity contribution in [1.29, 1.82) is 0 Å². The van der Waals surface area contributed by atoms with E-state index in [1.165, 1.54) is 5.56 Å². The molecular weight excluding hydrogens is 416 g/mol. The number of halogens is 1. The third-order valence-corrected chi connectivity index (χ3v) is 5.72. The SMILES string of the molecule is Cc1ccc(C(C)(O)CCc2oc3ccc(Br)cc3c2-c2ccc(C)o2)cc1. The van der Waals surface area contributed by atoms with E-state index in [0.717, 1.165) is 43.8 Å². The Morgan fingerprint density at radius 2 is 1.71 bits per heavy atom. The highest BCUT2D eigenvalue weighted by Crippen LogP contribution is 2.39. The van der Waals surface area contributed by atoms with Gasteiger partial charge in [0.15, 0.2) is 0 Å². The van der Waals surface area contributed by atoms with Gasteiger partial charge in [-0.15, -0.1) is 0 Å². The molecule has 4 aromatic rings. The van der Waals surface area contributed by atoms with Crippen LogP contribution in [0, 0.1) is 13.8 Å². The van der Waals surface area contributed by atoms with Crippen molar-refractivity contribution in [1.82, 2.24) is 0 Å². The lowest BCUT2D eigenvalue weighted by molar-refractivity contribution is 0.0467. The number of hydrogen-bond acceptors (Lipinski definition) is 3. The van der Waals surface area contributed by atoms with Crippen molar-refractivity contribution in [2.75, 3.05) is 0 Å². The Morgan fingerprint density at radius 3 is 2.39 bits per heavy atom. The molecular formula is C24H23BrO3. The molecule has 0 spiro atoms. The zero-order valence-electron chi connectivity index (χ0n) is 16.3. The monoisotopic (exact) mass is 438 g/mol. The summed E-state index contributed by atoms with van der Waals surface area (Å²) in [7, 11) is 0. The summed E-state index contributed by atoms with van der Waals surface area (Å²) in [5, 5.41) is 12.1. The van der Waals surface area contributed by atoms with Gasteiger partial charge in [-0.25, -0.2) is 0 Å². The predicted molar refractivity (Wildman–Crippen MR) is 115 cm³/mol. The minimum atomic E-state index is -0.941. The van der Waals surface area contributed by atoms with Crippen LogP contribution in [0.3, 0.4) is 0 Å². The second-order valence-corrected chi connectivity index (χ2v) is 8.51. The molecule has 0 aliphatic rings. The van der Waals surface area contributed by atoms with Crippen molar-refractivity contribution in [2.45, 2.75) is 39.2 Å². The molecule has 0 saturated carbocycles. The van der Waals surface area contributed by atoms with Gasteiger partial charge in [-0.2, -0.15) is 0 Å². The number of aryl methyl sites for hydroxylation is 3. The average Bonchev–Trinajstić information content (AvgIpc) is 3.23. The van der Waals surface area contributed by atoms with Crippen molar-refractivity contribution >= 4 is 26.9 Å². The molecule has 0 amide bonds. The summed E-state index contributed by atoms with van der Waals surface area (Å²) >= 11 is 3.55. The number of fused-ring (bicyclic) bond motifs is 1. The third kappa shape index (κ3) is 3.67. The van der Waals surface area contributed by atoms with E-state index >= 15 is 0 Å². The lowest BCUT2D eigenvalue weighted by Crippen LogP contribution is -2.22. The van der Waals surface area contributed by atoms with Crippen LogP contribution in [0.5, 0.6) is 0 Å². The highest BCUT2D eigenvalue weighted by atomic mass is 79.9. The Balaban J connectivity index is 1.71. The fraction of sp³-hybridized carbons (Fsp3) is 0.250. The smallest absolute Gasteiger partial charge is 0.138 e. The third-order valence-electron chi connectivity index (χ3n) is 5.22. The molecule has 144 valence electrons. The van der Waals surface area contributed by atoms with Crippen molar-refractivity contribution in [3.8, 4) is 11.3 Å². The maximum Gasteiger partial charge on any atom is 0.138 e. The molecule has 2 heterocycles. The van der Waals surface area contributed by atoms with Crippen LogP contribution < -0.4 is 0 Å². The summed E-state index contributed by atoms with van der Waals surface area (Å²) in [5.74, 6) is 2.48. The molecule has 0 saturated heterocycles. The second kappa shape index (κ2) is 7.26. The van der Waals surface area contributed by atoms with E-state index in [9.17, 15) is 5.11 Å². The summed E-state index contributed by atoms with van der Waals surface area (Å²) in [6.07, 6.45) is 1.14. The van der Waals surface area contributed by atoms with Crippen LogP contribution in [0.2, 0.25) is 0 Å². The Hall–Kier alpha value is -2.30. The van der Waals surface area contributed by atoms with E-state index in [-0.39, 0.29) is 0 Å². The van der Waals surface area contributed by atoms with Gasteiger partial charge in [0.2, 0.25) is 0 Å². The van der Waals surface area contributed by atoms with Crippen molar-refractivity contribution in [2.24, 2.45) is 0 Å². The Labute approximate surface area is 173 Å². The maximum absolute atomic E-state index is 11.0. The molecule has 4 rings (SSSR count). The topological polar surface area (TPSA) is 46.5 Å². The summed E-state index contributed by atoms with van der Waals surface area (Å²) < 4.78 is 13.1.